The molecular formula is C11H17N3O. The van der Waals surface area contributed by atoms with Crippen molar-refractivity contribution in [1.29, 1.82) is 0 Å². The molecule has 0 saturated carbocycles. The fourth-order valence-corrected chi connectivity index (χ4v) is 2.33. The van der Waals surface area contributed by atoms with Crippen LogP contribution in [0, 0.1) is 0 Å². The van der Waals surface area contributed by atoms with E-state index in [2.05, 4.69) is 24.3 Å². The summed E-state index contributed by atoms with van der Waals surface area (Å²) in [5.41, 5.74) is 1.18. The Morgan fingerprint density at radius 1 is 1.60 bits per heavy atom. The van der Waals surface area contributed by atoms with Gasteiger partial charge in [0.15, 0.2) is 0 Å². The van der Waals surface area contributed by atoms with E-state index in [0.717, 1.165) is 13.0 Å². The lowest BCUT2D eigenvalue weighted by atomic mass is 9.95. The number of aryl methyl sites for hydroxylation is 1. The third-order valence-corrected chi connectivity index (χ3v) is 3.11. The summed E-state index contributed by atoms with van der Waals surface area (Å²) in [6.07, 6.45) is 3.39. The molecule has 2 atom stereocenters. The second kappa shape index (κ2) is 4.04. The monoisotopic (exact) mass is 207 g/mol. The molecule has 4 nitrogen and oxygen atoms in total. The van der Waals surface area contributed by atoms with E-state index in [0.29, 0.717) is 12.3 Å². The van der Waals surface area contributed by atoms with Gasteiger partial charge < -0.3 is 5.32 Å². The van der Waals surface area contributed by atoms with Gasteiger partial charge in [0.05, 0.1) is 0 Å². The molecule has 2 heterocycles. The maximum atomic E-state index is 11.4. The minimum Gasteiger partial charge on any atom is -0.353 e. The van der Waals surface area contributed by atoms with E-state index in [9.17, 15) is 4.79 Å². The predicted molar refractivity (Wildman–Crippen MR) is 57.5 cm³/mol. The summed E-state index contributed by atoms with van der Waals surface area (Å²) in [7, 11) is 0. The molecule has 0 bridgehead atoms. The Morgan fingerprint density at radius 3 is 3.07 bits per heavy atom. The Labute approximate surface area is 89.7 Å². The summed E-state index contributed by atoms with van der Waals surface area (Å²) < 4.78 is 1.98. The lowest BCUT2D eigenvalue weighted by Crippen LogP contribution is -2.28. The highest BCUT2D eigenvalue weighted by molar-refractivity contribution is 5.80. The first kappa shape index (κ1) is 10.2. The van der Waals surface area contributed by atoms with Crippen LogP contribution in [0.1, 0.15) is 38.3 Å². The van der Waals surface area contributed by atoms with E-state index in [1.807, 2.05) is 16.9 Å². The van der Waals surface area contributed by atoms with Crippen molar-refractivity contribution in [2.75, 3.05) is 0 Å². The van der Waals surface area contributed by atoms with E-state index < -0.39 is 0 Å². The molecule has 1 aromatic heterocycles. The van der Waals surface area contributed by atoms with E-state index in [1.165, 1.54) is 5.69 Å². The molecule has 1 saturated heterocycles. The second-order valence-electron chi connectivity index (χ2n) is 3.96. The number of rotatable bonds is 3. The topological polar surface area (TPSA) is 46.9 Å². The van der Waals surface area contributed by atoms with Gasteiger partial charge in [-0.15, -0.1) is 0 Å². The Balaban J connectivity index is 2.26. The van der Waals surface area contributed by atoms with Crippen LogP contribution >= 0.6 is 0 Å². The number of amides is 1. The molecule has 1 fully saturated rings. The highest BCUT2D eigenvalue weighted by Gasteiger charge is 2.33. The number of aromatic nitrogens is 2. The van der Waals surface area contributed by atoms with Gasteiger partial charge >= 0.3 is 0 Å². The van der Waals surface area contributed by atoms with Crippen LogP contribution in [-0.4, -0.2) is 21.7 Å². The van der Waals surface area contributed by atoms with Crippen LogP contribution in [0.5, 0.6) is 0 Å². The molecule has 0 radical (unpaired) electrons. The first-order valence-electron chi connectivity index (χ1n) is 5.57. The van der Waals surface area contributed by atoms with Gasteiger partial charge in [-0.2, -0.15) is 5.10 Å². The van der Waals surface area contributed by atoms with Crippen molar-refractivity contribution in [1.82, 2.24) is 15.1 Å². The average Bonchev–Trinajstić information content (AvgIpc) is 2.82. The van der Waals surface area contributed by atoms with Crippen LogP contribution in [0.3, 0.4) is 0 Å². The van der Waals surface area contributed by atoms with Crippen LogP contribution in [0.25, 0.3) is 0 Å². The second-order valence-corrected chi connectivity index (χ2v) is 3.96. The van der Waals surface area contributed by atoms with Crippen molar-refractivity contribution >= 4 is 5.91 Å². The Bertz CT molecular complexity index is 358. The molecule has 1 amide bonds. The number of carbonyl (C=O) groups excluding carboxylic acids is 1. The fourth-order valence-electron chi connectivity index (χ4n) is 2.33. The van der Waals surface area contributed by atoms with Crippen LogP contribution in [0.2, 0.25) is 0 Å². The number of hydrogen-bond donors (Lipinski definition) is 1. The zero-order valence-corrected chi connectivity index (χ0v) is 9.23. The quantitative estimate of drug-likeness (QED) is 0.811. The van der Waals surface area contributed by atoms with Crippen molar-refractivity contribution < 1.29 is 4.79 Å². The standard InChI is InChI=1S/C11H17N3O/c1-3-9-8(7-11(15)13-9)10-5-6-12-14(10)4-2/h5-6,8-9H,3-4,7H2,1-2H3,(H,13,15). The SMILES string of the molecule is CCC1NC(=O)CC1c1ccnn1CC. The van der Waals surface area contributed by atoms with Gasteiger partial charge in [0.2, 0.25) is 5.91 Å². The molecule has 1 aromatic rings. The fraction of sp³-hybridized carbons (Fsp3) is 0.636. The molecule has 1 aliphatic rings. The molecule has 1 N–H and O–H groups in total. The molecule has 4 heteroatoms. The largest absolute Gasteiger partial charge is 0.353 e. The van der Waals surface area contributed by atoms with Crippen molar-refractivity contribution in [3.63, 3.8) is 0 Å². The summed E-state index contributed by atoms with van der Waals surface area (Å²) in [6, 6.07) is 2.30. The van der Waals surface area contributed by atoms with Crippen LogP contribution in [0.15, 0.2) is 12.3 Å². The zero-order valence-electron chi connectivity index (χ0n) is 9.23. The molecule has 2 rings (SSSR count). The van der Waals surface area contributed by atoms with Gasteiger partial charge in [0, 0.05) is 36.8 Å². The summed E-state index contributed by atoms with van der Waals surface area (Å²) in [6.45, 7) is 5.04. The van der Waals surface area contributed by atoms with Gasteiger partial charge in [-0.1, -0.05) is 6.92 Å². The van der Waals surface area contributed by atoms with Gasteiger partial charge in [0.25, 0.3) is 0 Å². The lowest BCUT2D eigenvalue weighted by Gasteiger charge is -2.17. The maximum Gasteiger partial charge on any atom is 0.220 e. The predicted octanol–water partition coefficient (Wildman–Crippen LogP) is 1.29. The number of nitrogens with one attached hydrogen (secondary N) is 1. The van der Waals surface area contributed by atoms with Gasteiger partial charge in [-0.25, -0.2) is 0 Å². The summed E-state index contributed by atoms with van der Waals surface area (Å²) >= 11 is 0. The molecule has 82 valence electrons. The molecule has 15 heavy (non-hydrogen) atoms. The third kappa shape index (κ3) is 1.76. The minimum atomic E-state index is 0.163. The third-order valence-electron chi connectivity index (χ3n) is 3.11. The van der Waals surface area contributed by atoms with Crippen molar-refractivity contribution in [2.24, 2.45) is 0 Å². The van der Waals surface area contributed by atoms with Crippen LogP contribution in [0.4, 0.5) is 0 Å². The maximum absolute atomic E-state index is 11.4. The summed E-state index contributed by atoms with van der Waals surface area (Å²) in [5, 5.41) is 7.26. The van der Waals surface area contributed by atoms with E-state index in [1.54, 1.807) is 0 Å². The van der Waals surface area contributed by atoms with Gasteiger partial charge in [0.1, 0.15) is 0 Å². The van der Waals surface area contributed by atoms with E-state index in [-0.39, 0.29) is 11.9 Å². The minimum absolute atomic E-state index is 0.163. The summed E-state index contributed by atoms with van der Waals surface area (Å²) in [4.78, 5) is 11.4. The Kier molecular flexibility index (Phi) is 2.75. The Hall–Kier alpha value is -1.32. The Morgan fingerprint density at radius 2 is 2.40 bits per heavy atom. The number of hydrogen-bond acceptors (Lipinski definition) is 2. The van der Waals surface area contributed by atoms with Crippen LogP contribution < -0.4 is 5.32 Å². The zero-order chi connectivity index (χ0) is 10.8. The van der Waals surface area contributed by atoms with E-state index >= 15 is 0 Å². The molecule has 0 aliphatic carbocycles. The van der Waals surface area contributed by atoms with Crippen molar-refractivity contribution in [2.45, 2.75) is 45.2 Å². The normalized spacial score (nSPS) is 25.6. The molecule has 2 unspecified atom stereocenters. The number of nitrogens with zero attached hydrogens (tertiary/aromatic N) is 2. The number of carbonyl (C=O) groups is 1. The molecule has 0 spiro atoms. The first-order valence-corrected chi connectivity index (χ1v) is 5.57. The summed E-state index contributed by atoms with van der Waals surface area (Å²) in [5.74, 6) is 0.459. The van der Waals surface area contributed by atoms with E-state index in [4.69, 9.17) is 0 Å². The highest BCUT2D eigenvalue weighted by atomic mass is 16.2. The van der Waals surface area contributed by atoms with Crippen molar-refractivity contribution in [3.05, 3.63) is 18.0 Å². The van der Waals surface area contributed by atoms with Gasteiger partial charge in [-0.3, -0.25) is 9.48 Å². The molecule has 1 aliphatic heterocycles. The first-order chi connectivity index (χ1) is 7.26. The molecular weight excluding hydrogens is 190 g/mol. The van der Waals surface area contributed by atoms with Crippen LogP contribution in [-0.2, 0) is 11.3 Å². The van der Waals surface area contributed by atoms with Gasteiger partial charge in [-0.05, 0) is 19.4 Å². The smallest absolute Gasteiger partial charge is 0.220 e. The average molecular weight is 207 g/mol. The highest BCUT2D eigenvalue weighted by Crippen LogP contribution is 2.29. The molecule has 0 aromatic carbocycles. The lowest BCUT2D eigenvalue weighted by molar-refractivity contribution is -0.119. The van der Waals surface area contributed by atoms with Crippen molar-refractivity contribution in [3.8, 4) is 0 Å².